The average molecular weight is 341 g/mol. The molecule has 0 aliphatic carbocycles. The van der Waals surface area contributed by atoms with Crippen LogP contribution in [0.4, 0.5) is 0 Å². The molecule has 0 aliphatic heterocycles. The summed E-state index contributed by atoms with van der Waals surface area (Å²) in [5.41, 5.74) is 2.71. The van der Waals surface area contributed by atoms with Crippen molar-refractivity contribution in [3.05, 3.63) is 46.8 Å². The van der Waals surface area contributed by atoms with E-state index in [-0.39, 0.29) is 18.5 Å². The number of hydrogen-bond donors (Lipinski definition) is 0. The summed E-state index contributed by atoms with van der Waals surface area (Å²) in [6, 6.07) is 5.89. The van der Waals surface area contributed by atoms with Crippen molar-refractivity contribution in [1.82, 2.24) is 15.0 Å². The van der Waals surface area contributed by atoms with Crippen molar-refractivity contribution in [2.24, 2.45) is 0 Å². The van der Waals surface area contributed by atoms with Crippen LogP contribution < -0.4 is 0 Å². The Morgan fingerprint density at radius 3 is 2.68 bits per heavy atom. The zero-order chi connectivity index (χ0) is 18.1. The van der Waals surface area contributed by atoms with E-state index >= 15 is 0 Å². The molecule has 0 aliphatic rings. The van der Waals surface area contributed by atoms with Gasteiger partial charge < -0.3 is 13.8 Å². The molecule has 25 heavy (non-hydrogen) atoms. The Morgan fingerprint density at radius 1 is 1.28 bits per heavy atom. The Morgan fingerprint density at radius 2 is 2.04 bits per heavy atom. The lowest BCUT2D eigenvalue weighted by Crippen LogP contribution is -2.36. The van der Waals surface area contributed by atoms with E-state index in [0.717, 1.165) is 22.1 Å². The molecule has 0 radical (unpaired) electrons. The highest BCUT2D eigenvalue weighted by molar-refractivity contribution is 5.99. The minimum Gasteiger partial charge on any atom is -0.451 e. The Bertz CT molecular complexity index is 908. The number of nitrogens with zero attached hydrogens (tertiary/aromatic N) is 3. The molecule has 132 valence electrons. The Hall–Kier alpha value is -2.63. The van der Waals surface area contributed by atoms with Crippen molar-refractivity contribution >= 4 is 16.9 Å². The monoisotopic (exact) mass is 341 g/mol. The molecule has 3 aromatic rings. The Balaban J connectivity index is 1.94. The first-order chi connectivity index (χ1) is 11.9. The van der Waals surface area contributed by atoms with Gasteiger partial charge in [0.25, 0.3) is 5.91 Å². The predicted octanol–water partition coefficient (Wildman–Crippen LogP) is 4.05. The smallest absolute Gasteiger partial charge is 0.290 e. The van der Waals surface area contributed by atoms with Crippen LogP contribution in [-0.4, -0.2) is 27.0 Å². The summed E-state index contributed by atoms with van der Waals surface area (Å²) in [5.74, 6) is 1.27. The quantitative estimate of drug-likeness (QED) is 0.700. The van der Waals surface area contributed by atoms with Crippen LogP contribution in [0, 0.1) is 13.8 Å². The number of aromatic nitrogens is 2. The van der Waals surface area contributed by atoms with Crippen molar-refractivity contribution in [3.8, 4) is 0 Å². The van der Waals surface area contributed by atoms with Gasteiger partial charge in [0.05, 0.1) is 0 Å². The third kappa shape index (κ3) is 3.29. The molecule has 6 heteroatoms. The van der Waals surface area contributed by atoms with Gasteiger partial charge in [-0.05, 0) is 39.8 Å². The molecule has 2 heterocycles. The zero-order valence-corrected chi connectivity index (χ0v) is 15.3. The molecule has 0 spiro atoms. The van der Waals surface area contributed by atoms with Gasteiger partial charge in [0.2, 0.25) is 5.89 Å². The molecule has 3 rings (SSSR count). The molecule has 1 amide bonds. The molecular weight excluding hydrogens is 318 g/mol. The van der Waals surface area contributed by atoms with Gasteiger partial charge in [0, 0.05) is 23.4 Å². The molecule has 0 unspecified atom stereocenters. The van der Waals surface area contributed by atoms with Crippen LogP contribution in [0.1, 0.15) is 54.2 Å². The summed E-state index contributed by atoms with van der Waals surface area (Å²) < 4.78 is 11.1. The fourth-order valence-corrected chi connectivity index (χ4v) is 2.80. The highest BCUT2D eigenvalue weighted by Gasteiger charge is 2.27. The minimum absolute atomic E-state index is 0.0289. The first-order valence-electron chi connectivity index (χ1n) is 8.52. The van der Waals surface area contributed by atoms with Gasteiger partial charge in [-0.15, -0.1) is 0 Å². The summed E-state index contributed by atoms with van der Waals surface area (Å²) in [6.45, 7) is 10.1. The average Bonchev–Trinajstić information content (AvgIpc) is 3.17. The molecule has 1 aromatic carbocycles. The molecule has 0 N–H and O–H groups in total. The van der Waals surface area contributed by atoms with E-state index in [0.29, 0.717) is 23.9 Å². The van der Waals surface area contributed by atoms with Crippen molar-refractivity contribution in [2.75, 3.05) is 0 Å². The van der Waals surface area contributed by atoms with Gasteiger partial charge in [0.15, 0.2) is 11.6 Å². The largest absolute Gasteiger partial charge is 0.451 e. The molecular formula is C19H23N3O3. The fourth-order valence-electron chi connectivity index (χ4n) is 2.80. The molecule has 0 saturated heterocycles. The lowest BCUT2D eigenvalue weighted by molar-refractivity contribution is 0.0636. The number of hydrogen-bond acceptors (Lipinski definition) is 5. The maximum Gasteiger partial charge on any atom is 0.290 e. The highest BCUT2D eigenvalue weighted by atomic mass is 16.5. The van der Waals surface area contributed by atoms with E-state index in [1.807, 2.05) is 52.8 Å². The third-order valence-electron chi connectivity index (χ3n) is 4.30. The van der Waals surface area contributed by atoms with Crippen LogP contribution in [0.3, 0.4) is 0 Å². The molecule has 2 aromatic heterocycles. The number of fused-ring (bicyclic) bond motifs is 1. The van der Waals surface area contributed by atoms with Crippen LogP contribution in [0.15, 0.2) is 27.1 Å². The fraction of sp³-hybridized carbons (Fsp3) is 0.421. The Kier molecular flexibility index (Phi) is 4.61. The number of rotatable bonds is 5. The van der Waals surface area contributed by atoms with Crippen molar-refractivity contribution in [2.45, 2.75) is 53.6 Å². The van der Waals surface area contributed by atoms with Crippen LogP contribution in [0.2, 0.25) is 0 Å². The topological polar surface area (TPSA) is 72.4 Å². The third-order valence-corrected chi connectivity index (χ3v) is 4.30. The summed E-state index contributed by atoms with van der Waals surface area (Å²) in [6.07, 6.45) is 0.696. The maximum atomic E-state index is 13.1. The number of amides is 1. The van der Waals surface area contributed by atoms with Gasteiger partial charge in [0.1, 0.15) is 12.1 Å². The van der Waals surface area contributed by atoms with E-state index in [9.17, 15) is 4.79 Å². The van der Waals surface area contributed by atoms with Gasteiger partial charge in [-0.3, -0.25) is 4.79 Å². The molecule has 0 fully saturated rings. The number of carbonyl (C=O) groups is 1. The molecule has 6 nitrogen and oxygen atoms in total. The lowest BCUT2D eigenvalue weighted by Gasteiger charge is -2.24. The van der Waals surface area contributed by atoms with E-state index in [4.69, 9.17) is 8.94 Å². The number of aryl methyl sites for hydroxylation is 3. The number of furan rings is 1. The summed E-state index contributed by atoms with van der Waals surface area (Å²) in [4.78, 5) is 19.1. The number of carbonyl (C=O) groups excluding carboxylic acids is 1. The predicted molar refractivity (Wildman–Crippen MR) is 94.4 cm³/mol. The first kappa shape index (κ1) is 17.2. The second-order valence-corrected chi connectivity index (χ2v) is 6.54. The van der Waals surface area contributed by atoms with Gasteiger partial charge in [-0.1, -0.05) is 23.7 Å². The van der Waals surface area contributed by atoms with Crippen molar-refractivity contribution < 1.29 is 13.7 Å². The van der Waals surface area contributed by atoms with Crippen LogP contribution >= 0.6 is 0 Å². The van der Waals surface area contributed by atoms with Crippen LogP contribution in [0.25, 0.3) is 11.0 Å². The van der Waals surface area contributed by atoms with Crippen LogP contribution in [0.5, 0.6) is 0 Å². The standard InChI is InChI=1S/C19H23N3O3/c1-6-16-20-17(25-21-16)10-22(11(2)3)19(23)18-13(5)14-9-12(4)7-8-15(14)24-18/h7-9,11H,6,10H2,1-5H3. The molecule has 0 bridgehead atoms. The molecule has 0 saturated carbocycles. The summed E-state index contributed by atoms with van der Waals surface area (Å²) >= 11 is 0. The minimum atomic E-state index is -0.169. The van der Waals surface area contributed by atoms with Crippen LogP contribution in [-0.2, 0) is 13.0 Å². The Labute approximate surface area is 146 Å². The summed E-state index contributed by atoms with van der Waals surface area (Å²) in [5, 5.41) is 4.86. The maximum absolute atomic E-state index is 13.1. The van der Waals surface area contributed by atoms with E-state index in [1.54, 1.807) is 4.90 Å². The van der Waals surface area contributed by atoms with E-state index in [1.165, 1.54) is 0 Å². The second-order valence-electron chi connectivity index (χ2n) is 6.54. The SMILES string of the molecule is CCc1noc(CN(C(=O)c2oc3ccc(C)cc3c2C)C(C)C)n1. The van der Waals surface area contributed by atoms with Gasteiger partial charge in [-0.25, -0.2) is 0 Å². The normalized spacial score (nSPS) is 11.4. The van der Waals surface area contributed by atoms with Crippen molar-refractivity contribution in [3.63, 3.8) is 0 Å². The van der Waals surface area contributed by atoms with E-state index in [2.05, 4.69) is 10.1 Å². The first-order valence-corrected chi connectivity index (χ1v) is 8.52. The molecule has 0 atom stereocenters. The number of benzene rings is 1. The highest BCUT2D eigenvalue weighted by Crippen LogP contribution is 2.28. The van der Waals surface area contributed by atoms with Crippen molar-refractivity contribution in [1.29, 1.82) is 0 Å². The second kappa shape index (κ2) is 6.70. The van der Waals surface area contributed by atoms with Gasteiger partial charge >= 0.3 is 0 Å². The van der Waals surface area contributed by atoms with Gasteiger partial charge in [-0.2, -0.15) is 4.98 Å². The zero-order valence-electron chi connectivity index (χ0n) is 15.3. The van der Waals surface area contributed by atoms with E-state index < -0.39 is 0 Å². The summed E-state index contributed by atoms with van der Waals surface area (Å²) in [7, 11) is 0. The lowest BCUT2D eigenvalue weighted by atomic mass is 10.1.